The van der Waals surface area contributed by atoms with E-state index in [2.05, 4.69) is 16.0 Å². The number of hydrogen-bond donors (Lipinski definition) is 2. The summed E-state index contributed by atoms with van der Waals surface area (Å²) in [5.74, 6) is -1.81. The number of carbonyl (C=O) groups excluding carboxylic acids is 2. The van der Waals surface area contributed by atoms with Crippen molar-refractivity contribution < 1.29 is 14.5 Å². The monoisotopic (exact) mass is 351 g/mol. The Bertz CT molecular complexity index is 760. The molecule has 0 bridgehead atoms. The van der Waals surface area contributed by atoms with E-state index >= 15 is 0 Å². The van der Waals surface area contributed by atoms with Gasteiger partial charge in [-0.3, -0.25) is 20.4 Å². The first kappa shape index (κ1) is 17.4. The molecule has 2 rings (SSSR count). The van der Waals surface area contributed by atoms with E-state index in [4.69, 9.17) is 11.6 Å². The van der Waals surface area contributed by atoms with Gasteiger partial charge in [0.1, 0.15) is 5.38 Å². The van der Waals surface area contributed by atoms with Crippen molar-refractivity contribution >= 4 is 29.2 Å². The number of alkyl halides is 1. The molecular weight excluding hydrogens is 338 g/mol. The number of nitrogens with zero attached hydrogens (tertiary/aromatic N) is 3. The zero-order chi connectivity index (χ0) is 17.7. The summed E-state index contributed by atoms with van der Waals surface area (Å²) < 4.78 is 1.19. The summed E-state index contributed by atoms with van der Waals surface area (Å²) in [7, 11) is 0. The zero-order valence-corrected chi connectivity index (χ0v) is 13.4. The number of hydrazine groups is 1. The van der Waals surface area contributed by atoms with Crippen LogP contribution in [0.2, 0.25) is 0 Å². The molecule has 0 spiro atoms. The van der Waals surface area contributed by atoms with Gasteiger partial charge in [0, 0.05) is 0 Å². The van der Waals surface area contributed by atoms with Crippen LogP contribution in [0.4, 0.5) is 5.82 Å². The number of rotatable bonds is 5. The van der Waals surface area contributed by atoms with Crippen molar-refractivity contribution in [2.75, 3.05) is 0 Å². The van der Waals surface area contributed by atoms with E-state index < -0.39 is 27.9 Å². The largest absolute Gasteiger partial charge is 0.390 e. The van der Waals surface area contributed by atoms with Crippen molar-refractivity contribution in [3.63, 3.8) is 0 Å². The molecule has 2 amide bonds. The summed E-state index contributed by atoms with van der Waals surface area (Å²) in [6.07, 6.45) is 0. The third-order valence-electron chi connectivity index (χ3n) is 3.02. The predicted octanol–water partition coefficient (Wildman–Crippen LogP) is 1.23. The highest BCUT2D eigenvalue weighted by molar-refractivity contribution is 6.30. The van der Waals surface area contributed by atoms with E-state index in [9.17, 15) is 19.7 Å². The fourth-order valence-corrected chi connectivity index (χ4v) is 1.89. The molecule has 0 aliphatic rings. The van der Waals surface area contributed by atoms with Crippen molar-refractivity contribution in [2.24, 2.45) is 0 Å². The normalized spacial score (nSPS) is 11.6. The Hall–Kier alpha value is -2.94. The van der Waals surface area contributed by atoms with Gasteiger partial charge in [-0.2, -0.15) is 4.68 Å². The molecule has 0 aliphatic heterocycles. The first-order valence-corrected chi connectivity index (χ1v) is 7.32. The highest BCUT2D eigenvalue weighted by atomic mass is 35.5. The molecule has 24 heavy (non-hydrogen) atoms. The van der Waals surface area contributed by atoms with Gasteiger partial charge >= 0.3 is 5.82 Å². The van der Waals surface area contributed by atoms with E-state index in [-0.39, 0.29) is 12.2 Å². The maximum absolute atomic E-state index is 12.2. The van der Waals surface area contributed by atoms with Crippen LogP contribution >= 0.6 is 11.6 Å². The number of nitrogens with one attached hydrogen (secondary N) is 2. The first-order valence-electron chi connectivity index (χ1n) is 6.89. The first-order chi connectivity index (χ1) is 11.4. The Morgan fingerprint density at radius 2 is 2.00 bits per heavy atom. The fourth-order valence-electron chi connectivity index (χ4n) is 1.83. The number of amides is 2. The minimum absolute atomic E-state index is 0.0620. The molecule has 0 fully saturated rings. The van der Waals surface area contributed by atoms with Crippen LogP contribution in [0.25, 0.3) is 0 Å². The summed E-state index contributed by atoms with van der Waals surface area (Å²) in [4.78, 5) is 33.8. The molecule has 1 aromatic carbocycles. The van der Waals surface area contributed by atoms with Gasteiger partial charge < -0.3 is 10.1 Å². The van der Waals surface area contributed by atoms with Crippen molar-refractivity contribution in [1.82, 2.24) is 20.6 Å². The van der Waals surface area contributed by atoms with Crippen LogP contribution in [0.1, 0.15) is 23.0 Å². The molecule has 0 radical (unpaired) electrons. The van der Waals surface area contributed by atoms with Crippen LogP contribution in [0.3, 0.4) is 0 Å². The number of aromatic nitrogens is 2. The summed E-state index contributed by atoms with van der Waals surface area (Å²) in [6.45, 7) is 1.60. The number of hydrogen-bond acceptors (Lipinski definition) is 5. The number of halogens is 1. The van der Waals surface area contributed by atoms with Gasteiger partial charge in [-0.1, -0.05) is 30.3 Å². The van der Waals surface area contributed by atoms with Gasteiger partial charge in [-0.15, -0.1) is 11.6 Å². The van der Waals surface area contributed by atoms with Crippen molar-refractivity contribution in [3.05, 3.63) is 57.8 Å². The van der Waals surface area contributed by atoms with Gasteiger partial charge in [0.15, 0.2) is 5.69 Å². The van der Waals surface area contributed by atoms with E-state index in [0.29, 0.717) is 0 Å². The molecule has 2 N–H and O–H groups in total. The Labute approximate surface area is 141 Å². The van der Waals surface area contributed by atoms with Crippen LogP contribution in [-0.4, -0.2) is 31.9 Å². The van der Waals surface area contributed by atoms with Crippen molar-refractivity contribution in [1.29, 1.82) is 0 Å². The molecule has 10 heteroatoms. The lowest BCUT2D eigenvalue weighted by molar-refractivity contribution is -0.389. The molecule has 0 saturated carbocycles. The Morgan fingerprint density at radius 3 is 2.58 bits per heavy atom. The lowest BCUT2D eigenvalue weighted by atomic mass is 10.2. The third-order valence-corrected chi connectivity index (χ3v) is 3.22. The van der Waals surface area contributed by atoms with E-state index in [1.165, 1.54) is 11.6 Å². The highest BCUT2D eigenvalue weighted by Gasteiger charge is 2.24. The predicted molar refractivity (Wildman–Crippen MR) is 85.3 cm³/mol. The quantitative estimate of drug-likeness (QED) is 0.477. The number of carbonyl (C=O) groups is 2. The molecule has 0 aliphatic carbocycles. The molecule has 1 aromatic heterocycles. The third kappa shape index (κ3) is 4.29. The Kier molecular flexibility index (Phi) is 5.48. The van der Waals surface area contributed by atoms with E-state index in [1.807, 2.05) is 6.07 Å². The average molecular weight is 352 g/mol. The summed E-state index contributed by atoms with van der Waals surface area (Å²) in [5, 5.41) is 13.9. The smallest absolute Gasteiger partial charge is 0.358 e. The second kappa shape index (κ2) is 7.55. The summed E-state index contributed by atoms with van der Waals surface area (Å²) in [6, 6.07) is 10.1. The molecule has 1 unspecified atom stereocenters. The summed E-state index contributed by atoms with van der Waals surface area (Å²) in [5.41, 5.74) is 5.03. The van der Waals surface area contributed by atoms with Gasteiger partial charge in [0.25, 0.3) is 11.8 Å². The van der Waals surface area contributed by atoms with Crippen LogP contribution in [0.15, 0.2) is 36.4 Å². The van der Waals surface area contributed by atoms with Crippen LogP contribution in [0.5, 0.6) is 0 Å². The summed E-state index contributed by atoms with van der Waals surface area (Å²) >= 11 is 5.57. The number of benzene rings is 1. The minimum atomic E-state index is -0.839. The van der Waals surface area contributed by atoms with E-state index in [0.717, 1.165) is 11.6 Å². The second-order valence-electron chi connectivity index (χ2n) is 4.85. The molecule has 1 heterocycles. The molecule has 1 atom stereocenters. The standard InChI is InChI=1S/C14H14ClN5O4/c1-9(15)13(21)16-17-14(22)11-7-12(20(23)24)18-19(11)8-10-5-3-2-4-6-10/h2-7,9H,8H2,1H3,(H,16,21)(H,17,22). The SMILES string of the molecule is CC(Cl)C(=O)NNC(=O)c1cc([N+](=O)[O-])nn1Cc1ccccc1. The molecule has 0 saturated heterocycles. The maximum atomic E-state index is 12.2. The number of nitro groups is 1. The van der Waals surface area contributed by atoms with E-state index in [1.54, 1.807) is 24.3 Å². The van der Waals surface area contributed by atoms with Gasteiger partial charge in [-0.05, 0) is 17.4 Å². The van der Waals surface area contributed by atoms with Crippen molar-refractivity contribution in [3.8, 4) is 0 Å². The molecule has 2 aromatic rings. The zero-order valence-electron chi connectivity index (χ0n) is 12.6. The highest BCUT2D eigenvalue weighted by Crippen LogP contribution is 2.14. The second-order valence-corrected chi connectivity index (χ2v) is 5.50. The molecule has 126 valence electrons. The van der Waals surface area contributed by atoms with Crippen molar-refractivity contribution in [2.45, 2.75) is 18.8 Å². The van der Waals surface area contributed by atoms with Crippen LogP contribution < -0.4 is 10.9 Å². The van der Waals surface area contributed by atoms with Crippen LogP contribution in [-0.2, 0) is 11.3 Å². The Morgan fingerprint density at radius 1 is 1.33 bits per heavy atom. The lowest BCUT2D eigenvalue weighted by Crippen LogP contribution is -2.45. The maximum Gasteiger partial charge on any atom is 0.390 e. The molecular formula is C14H14ClN5O4. The van der Waals surface area contributed by atoms with Crippen LogP contribution in [0, 0.1) is 10.1 Å². The molecule has 9 nitrogen and oxygen atoms in total. The fraction of sp³-hybridized carbons (Fsp3) is 0.214. The van der Waals surface area contributed by atoms with Gasteiger partial charge in [0.2, 0.25) is 0 Å². The minimum Gasteiger partial charge on any atom is -0.358 e. The topological polar surface area (TPSA) is 119 Å². The average Bonchev–Trinajstić information content (AvgIpc) is 2.97. The van der Waals surface area contributed by atoms with Gasteiger partial charge in [-0.25, -0.2) is 0 Å². The Balaban J connectivity index is 2.22. The lowest BCUT2D eigenvalue weighted by Gasteiger charge is -2.08. The van der Waals surface area contributed by atoms with Gasteiger partial charge in [0.05, 0.1) is 17.7 Å².